The van der Waals surface area contributed by atoms with E-state index >= 15 is 0 Å². The topological polar surface area (TPSA) is 74.0 Å². The molecule has 0 spiro atoms. The Morgan fingerprint density at radius 2 is 1.92 bits per heavy atom. The summed E-state index contributed by atoms with van der Waals surface area (Å²) in [5, 5.41) is 11.8. The van der Waals surface area contributed by atoms with Gasteiger partial charge in [0.25, 0.3) is 5.91 Å². The van der Waals surface area contributed by atoms with Crippen molar-refractivity contribution in [2.24, 2.45) is 0 Å². The third-order valence-electron chi connectivity index (χ3n) is 3.89. The summed E-state index contributed by atoms with van der Waals surface area (Å²) < 4.78 is 9.04. The van der Waals surface area contributed by atoms with Gasteiger partial charge in [-0.2, -0.15) is 10.2 Å². The molecule has 1 N–H and O–H groups in total. The molecule has 3 aromatic rings. The second-order valence-corrected chi connectivity index (χ2v) is 6.13. The van der Waals surface area contributed by atoms with Crippen LogP contribution in [0.2, 0.25) is 5.02 Å². The number of halogens is 1. The van der Waals surface area contributed by atoms with Crippen LogP contribution in [0.3, 0.4) is 0 Å². The molecule has 0 aliphatic heterocycles. The number of rotatable bonds is 8. The third kappa shape index (κ3) is 4.43. The summed E-state index contributed by atoms with van der Waals surface area (Å²) in [6.07, 6.45) is 4.13. The monoisotopic (exact) mass is 373 g/mol. The zero-order valence-electron chi connectivity index (χ0n) is 14.4. The van der Waals surface area contributed by atoms with Crippen molar-refractivity contribution in [2.45, 2.75) is 26.6 Å². The summed E-state index contributed by atoms with van der Waals surface area (Å²) in [5.74, 6) is 0.355. The van der Waals surface area contributed by atoms with Crippen molar-refractivity contribution in [1.82, 2.24) is 24.9 Å². The van der Waals surface area contributed by atoms with Crippen molar-refractivity contribution in [3.05, 3.63) is 65.2 Å². The maximum absolute atomic E-state index is 12.4. The number of benzene rings is 1. The number of nitrogens with zero attached hydrogens (tertiary/aromatic N) is 4. The smallest absolute Gasteiger partial charge is 0.269 e. The molecule has 0 bridgehead atoms. The first-order chi connectivity index (χ1) is 12.6. The van der Waals surface area contributed by atoms with E-state index in [0.717, 1.165) is 18.7 Å². The van der Waals surface area contributed by atoms with Gasteiger partial charge >= 0.3 is 0 Å². The molecule has 0 unspecified atom stereocenters. The van der Waals surface area contributed by atoms with Crippen molar-refractivity contribution in [1.29, 1.82) is 0 Å². The van der Waals surface area contributed by atoms with E-state index in [-0.39, 0.29) is 12.6 Å². The van der Waals surface area contributed by atoms with Crippen LogP contribution < -0.4 is 10.1 Å². The number of ether oxygens (including phenoxy) is 1. The van der Waals surface area contributed by atoms with Crippen LogP contribution in [0.25, 0.3) is 0 Å². The second kappa shape index (κ2) is 8.53. The molecule has 0 atom stereocenters. The average molecular weight is 374 g/mol. The number of nitrogens with one attached hydrogen (secondary N) is 1. The van der Waals surface area contributed by atoms with Gasteiger partial charge in [-0.25, -0.2) is 4.68 Å². The van der Waals surface area contributed by atoms with Crippen LogP contribution in [0.5, 0.6) is 5.75 Å². The van der Waals surface area contributed by atoms with E-state index in [1.54, 1.807) is 30.6 Å². The molecule has 2 heterocycles. The largest absolute Gasteiger partial charge is 0.470 e. The van der Waals surface area contributed by atoms with Crippen molar-refractivity contribution < 1.29 is 9.53 Å². The van der Waals surface area contributed by atoms with Crippen LogP contribution in [0.15, 0.2) is 48.8 Å². The maximum Gasteiger partial charge on any atom is 0.269 e. The number of para-hydroxylation sites is 1. The lowest BCUT2D eigenvalue weighted by atomic mass is 10.3. The Balaban J connectivity index is 1.50. The fraction of sp³-hybridized carbons (Fsp3) is 0.278. The van der Waals surface area contributed by atoms with E-state index in [9.17, 15) is 4.79 Å². The lowest BCUT2D eigenvalue weighted by Gasteiger charge is -2.11. The zero-order valence-corrected chi connectivity index (χ0v) is 15.2. The minimum absolute atomic E-state index is 0.103. The highest BCUT2D eigenvalue weighted by Gasteiger charge is 2.12. The first-order valence-corrected chi connectivity index (χ1v) is 8.68. The van der Waals surface area contributed by atoms with Gasteiger partial charge in [-0.15, -0.1) is 0 Å². The zero-order chi connectivity index (χ0) is 18.4. The van der Waals surface area contributed by atoms with Gasteiger partial charge in [-0.1, -0.05) is 23.7 Å². The second-order valence-electron chi connectivity index (χ2n) is 5.73. The lowest BCUT2D eigenvalue weighted by Crippen LogP contribution is -2.28. The van der Waals surface area contributed by atoms with Gasteiger partial charge < -0.3 is 10.1 Å². The lowest BCUT2D eigenvalue weighted by molar-refractivity contribution is 0.0931. The third-order valence-corrected chi connectivity index (χ3v) is 4.20. The van der Waals surface area contributed by atoms with Gasteiger partial charge in [0.2, 0.25) is 0 Å². The number of aromatic nitrogens is 4. The normalized spacial score (nSPS) is 10.7. The molecule has 0 radical (unpaired) electrons. The Labute approximate surface area is 156 Å². The quantitative estimate of drug-likeness (QED) is 0.616. The SMILES string of the molecule is Cc1ccnn1CCCNC(=O)c1ccnn1COc1ccccc1Cl. The molecule has 136 valence electrons. The molecule has 26 heavy (non-hydrogen) atoms. The number of amides is 1. The Morgan fingerprint density at radius 3 is 2.69 bits per heavy atom. The molecular formula is C18H20ClN5O2. The molecule has 0 aliphatic rings. The van der Waals surface area contributed by atoms with Crippen LogP contribution >= 0.6 is 11.6 Å². The first kappa shape index (κ1) is 18.0. The number of aryl methyl sites for hydroxylation is 2. The number of hydrogen-bond acceptors (Lipinski definition) is 4. The predicted molar refractivity (Wildman–Crippen MR) is 98.2 cm³/mol. The highest BCUT2D eigenvalue weighted by atomic mass is 35.5. The Bertz CT molecular complexity index is 874. The molecule has 0 saturated carbocycles. The molecule has 8 heteroatoms. The van der Waals surface area contributed by atoms with Crippen molar-refractivity contribution in [3.8, 4) is 5.75 Å². The van der Waals surface area contributed by atoms with Crippen molar-refractivity contribution >= 4 is 17.5 Å². The fourth-order valence-electron chi connectivity index (χ4n) is 2.48. The Morgan fingerprint density at radius 1 is 1.15 bits per heavy atom. The van der Waals surface area contributed by atoms with Gasteiger partial charge in [0.05, 0.1) is 5.02 Å². The van der Waals surface area contributed by atoms with E-state index in [2.05, 4.69) is 15.5 Å². The van der Waals surface area contributed by atoms with Gasteiger partial charge in [0, 0.05) is 31.2 Å². The van der Waals surface area contributed by atoms with E-state index in [1.807, 2.05) is 29.8 Å². The average Bonchev–Trinajstić information content (AvgIpc) is 3.27. The van der Waals surface area contributed by atoms with Gasteiger partial charge in [0.1, 0.15) is 11.4 Å². The van der Waals surface area contributed by atoms with E-state index in [0.29, 0.717) is 23.0 Å². The maximum atomic E-state index is 12.4. The summed E-state index contributed by atoms with van der Waals surface area (Å²) in [5.41, 5.74) is 1.54. The molecule has 0 saturated heterocycles. The predicted octanol–water partition coefficient (Wildman–Crippen LogP) is 2.90. The molecule has 0 aliphatic carbocycles. The number of carbonyl (C=O) groups excluding carboxylic acids is 1. The highest BCUT2D eigenvalue weighted by molar-refractivity contribution is 6.32. The van der Waals surface area contributed by atoms with Gasteiger partial charge in [-0.3, -0.25) is 9.48 Å². The van der Waals surface area contributed by atoms with E-state index in [1.165, 1.54) is 4.68 Å². The van der Waals surface area contributed by atoms with Crippen molar-refractivity contribution in [2.75, 3.05) is 6.54 Å². The summed E-state index contributed by atoms with van der Waals surface area (Å²) in [4.78, 5) is 12.4. The number of carbonyl (C=O) groups is 1. The van der Waals surface area contributed by atoms with Gasteiger partial charge in [-0.05, 0) is 37.6 Å². The Hall–Kier alpha value is -2.80. The molecule has 7 nitrogen and oxygen atoms in total. The molecule has 1 amide bonds. The molecule has 3 rings (SSSR count). The summed E-state index contributed by atoms with van der Waals surface area (Å²) in [6.45, 7) is 3.41. The fourth-order valence-corrected chi connectivity index (χ4v) is 2.67. The van der Waals surface area contributed by atoms with Crippen LogP contribution in [0, 0.1) is 6.92 Å². The van der Waals surface area contributed by atoms with E-state index < -0.39 is 0 Å². The molecule has 0 fully saturated rings. The van der Waals surface area contributed by atoms with Crippen LogP contribution in [0.4, 0.5) is 0 Å². The Kier molecular flexibility index (Phi) is 5.91. The van der Waals surface area contributed by atoms with E-state index in [4.69, 9.17) is 16.3 Å². The minimum Gasteiger partial charge on any atom is -0.470 e. The first-order valence-electron chi connectivity index (χ1n) is 8.31. The molecular weight excluding hydrogens is 354 g/mol. The summed E-state index contributed by atoms with van der Waals surface area (Å²) >= 11 is 6.06. The van der Waals surface area contributed by atoms with Crippen LogP contribution in [0.1, 0.15) is 22.6 Å². The molecule has 1 aromatic carbocycles. The number of hydrogen-bond donors (Lipinski definition) is 1. The summed E-state index contributed by atoms with van der Waals surface area (Å²) in [6, 6.07) is 10.8. The van der Waals surface area contributed by atoms with Crippen LogP contribution in [-0.4, -0.2) is 32.0 Å². The minimum atomic E-state index is -0.192. The van der Waals surface area contributed by atoms with Gasteiger partial charge in [0.15, 0.2) is 6.73 Å². The standard InChI is InChI=1S/C18H20ClN5O2/c1-14-7-10-21-23(14)12-4-9-20-18(25)16-8-11-22-24(16)13-26-17-6-3-2-5-15(17)19/h2-3,5-8,10-11H,4,9,12-13H2,1H3,(H,20,25). The highest BCUT2D eigenvalue weighted by Crippen LogP contribution is 2.23. The molecule has 2 aromatic heterocycles. The van der Waals surface area contributed by atoms with Crippen LogP contribution in [-0.2, 0) is 13.3 Å². The van der Waals surface area contributed by atoms with Crippen molar-refractivity contribution in [3.63, 3.8) is 0 Å². The summed E-state index contributed by atoms with van der Waals surface area (Å²) in [7, 11) is 0.